The normalized spacial score (nSPS) is 10.3. The van der Waals surface area contributed by atoms with Gasteiger partial charge in [-0.1, -0.05) is 13.3 Å². The molecule has 0 bridgehead atoms. The minimum Gasteiger partial charge on any atom is -0.364 e. The molecule has 84 valence electrons. The van der Waals surface area contributed by atoms with Gasteiger partial charge in [-0.2, -0.15) is 0 Å². The minimum absolute atomic E-state index is 0.230. The smallest absolute Gasteiger partial charge is 0.346 e. The van der Waals surface area contributed by atoms with E-state index in [0.717, 1.165) is 22.1 Å². The van der Waals surface area contributed by atoms with Crippen LogP contribution in [0.3, 0.4) is 0 Å². The molecule has 1 N–H and O–H groups in total. The fourth-order valence-electron chi connectivity index (χ4n) is 1.19. The first kappa shape index (κ1) is 11.5. The van der Waals surface area contributed by atoms with Crippen LogP contribution in [0, 0.1) is 0 Å². The number of aryl methyl sites for hydroxylation is 1. The zero-order valence-electron chi connectivity index (χ0n) is 9.28. The van der Waals surface area contributed by atoms with E-state index >= 15 is 0 Å². The summed E-state index contributed by atoms with van der Waals surface area (Å²) in [7, 11) is 2.96. The van der Waals surface area contributed by atoms with E-state index in [9.17, 15) is 9.59 Å². The number of nitrogens with one attached hydrogen (secondary N) is 1. The van der Waals surface area contributed by atoms with Gasteiger partial charge in [0.25, 0.3) is 5.56 Å². The van der Waals surface area contributed by atoms with Gasteiger partial charge in [0, 0.05) is 20.6 Å². The molecule has 6 nitrogen and oxygen atoms in total. The van der Waals surface area contributed by atoms with Crippen molar-refractivity contribution < 1.29 is 0 Å². The lowest BCUT2D eigenvalue weighted by atomic mass is 10.3. The van der Waals surface area contributed by atoms with Gasteiger partial charge in [0.05, 0.1) is 0 Å². The molecule has 0 aromatic carbocycles. The summed E-state index contributed by atoms with van der Waals surface area (Å²) in [6, 6.07) is 0. The van der Waals surface area contributed by atoms with Crippen LogP contribution in [0.5, 0.6) is 0 Å². The molecule has 1 aromatic rings. The number of nitrogens with zero attached hydrogens (tertiary/aromatic N) is 3. The first-order valence-corrected chi connectivity index (χ1v) is 4.96. The average molecular weight is 212 g/mol. The topological polar surface area (TPSA) is 68.9 Å². The third kappa shape index (κ3) is 2.45. The monoisotopic (exact) mass is 212 g/mol. The number of hydrogen-bond donors (Lipinski definition) is 1. The molecule has 0 fully saturated rings. The Morgan fingerprint density at radius 1 is 1.33 bits per heavy atom. The van der Waals surface area contributed by atoms with Gasteiger partial charge in [-0.05, 0) is 6.42 Å². The van der Waals surface area contributed by atoms with Gasteiger partial charge >= 0.3 is 5.69 Å². The first-order chi connectivity index (χ1) is 7.07. The third-order valence-corrected chi connectivity index (χ3v) is 2.14. The maximum absolute atomic E-state index is 11.6. The van der Waals surface area contributed by atoms with Crippen molar-refractivity contribution in [2.24, 2.45) is 14.1 Å². The van der Waals surface area contributed by atoms with Crippen molar-refractivity contribution in [3.8, 4) is 0 Å². The molecular formula is C9H16N4O2. The molecule has 0 unspecified atom stereocenters. The van der Waals surface area contributed by atoms with Crippen molar-refractivity contribution in [3.63, 3.8) is 0 Å². The lowest BCUT2D eigenvalue weighted by molar-refractivity contribution is 0.603. The zero-order valence-corrected chi connectivity index (χ0v) is 9.28. The second kappa shape index (κ2) is 4.77. The van der Waals surface area contributed by atoms with E-state index in [1.54, 1.807) is 0 Å². The highest BCUT2D eigenvalue weighted by Gasteiger charge is 2.06. The largest absolute Gasteiger partial charge is 0.364 e. The SMILES string of the molecule is CCCCNc1nn(C)c(=O)n(C)c1=O. The molecule has 0 radical (unpaired) electrons. The maximum atomic E-state index is 11.6. The molecule has 0 saturated heterocycles. The lowest BCUT2D eigenvalue weighted by Crippen LogP contribution is -2.40. The van der Waals surface area contributed by atoms with Crippen LogP contribution in [0.2, 0.25) is 0 Å². The second-order valence-electron chi connectivity index (χ2n) is 3.40. The van der Waals surface area contributed by atoms with E-state index in [4.69, 9.17) is 0 Å². The molecule has 1 heterocycles. The van der Waals surface area contributed by atoms with E-state index in [1.807, 2.05) is 0 Å². The summed E-state index contributed by atoms with van der Waals surface area (Å²) < 4.78 is 2.19. The third-order valence-electron chi connectivity index (χ3n) is 2.14. The Kier molecular flexibility index (Phi) is 3.65. The number of anilines is 1. The number of rotatable bonds is 4. The molecule has 1 aromatic heterocycles. The molecular weight excluding hydrogens is 196 g/mol. The molecule has 0 saturated carbocycles. The van der Waals surface area contributed by atoms with Gasteiger partial charge in [0.1, 0.15) is 0 Å². The highest BCUT2D eigenvalue weighted by atomic mass is 16.2. The second-order valence-corrected chi connectivity index (χ2v) is 3.40. The molecule has 0 atom stereocenters. The zero-order chi connectivity index (χ0) is 11.4. The van der Waals surface area contributed by atoms with Gasteiger partial charge in [-0.15, -0.1) is 5.10 Å². The summed E-state index contributed by atoms with van der Waals surface area (Å²) in [4.78, 5) is 22.9. The van der Waals surface area contributed by atoms with Crippen molar-refractivity contribution in [2.45, 2.75) is 19.8 Å². The summed E-state index contributed by atoms with van der Waals surface area (Å²) in [5, 5.41) is 6.78. The summed E-state index contributed by atoms with van der Waals surface area (Å²) in [5.74, 6) is 0.230. The van der Waals surface area contributed by atoms with E-state index in [0.29, 0.717) is 6.54 Å². The predicted octanol–water partition coefficient (Wildman–Crippen LogP) is -0.309. The number of aromatic nitrogens is 3. The molecule has 0 aliphatic rings. The summed E-state index contributed by atoms with van der Waals surface area (Å²) in [5.41, 5.74) is -0.796. The number of unbranched alkanes of at least 4 members (excludes halogenated alkanes) is 1. The Balaban J connectivity index is 3.00. The van der Waals surface area contributed by atoms with Crippen molar-refractivity contribution in [1.82, 2.24) is 14.3 Å². The number of hydrogen-bond acceptors (Lipinski definition) is 4. The van der Waals surface area contributed by atoms with Gasteiger partial charge in [0.2, 0.25) is 5.82 Å². The van der Waals surface area contributed by atoms with E-state index in [2.05, 4.69) is 17.3 Å². The van der Waals surface area contributed by atoms with E-state index in [-0.39, 0.29) is 11.4 Å². The van der Waals surface area contributed by atoms with Crippen molar-refractivity contribution >= 4 is 5.82 Å². The van der Waals surface area contributed by atoms with E-state index in [1.165, 1.54) is 14.1 Å². The van der Waals surface area contributed by atoms with Crippen molar-refractivity contribution in [3.05, 3.63) is 20.8 Å². The highest BCUT2D eigenvalue weighted by Crippen LogP contribution is 1.91. The van der Waals surface area contributed by atoms with Crippen molar-refractivity contribution in [2.75, 3.05) is 11.9 Å². The summed E-state index contributed by atoms with van der Waals surface area (Å²) >= 11 is 0. The molecule has 6 heteroatoms. The van der Waals surface area contributed by atoms with Crippen molar-refractivity contribution in [1.29, 1.82) is 0 Å². The highest BCUT2D eigenvalue weighted by molar-refractivity contribution is 5.29. The van der Waals surface area contributed by atoms with Gasteiger partial charge < -0.3 is 5.32 Å². The van der Waals surface area contributed by atoms with Crippen LogP contribution in [0.1, 0.15) is 19.8 Å². The molecule has 1 rings (SSSR count). The van der Waals surface area contributed by atoms with Crippen LogP contribution in [-0.4, -0.2) is 20.9 Å². The Bertz CT molecular complexity index is 446. The summed E-state index contributed by atoms with van der Waals surface area (Å²) in [6.45, 7) is 2.75. The van der Waals surface area contributed by atoms with Gasteiger partial charge in [-0.25, -0.2) is 9.48 Å². The molecule has 15 heavy (non-hydrogen) atoms. The van der Waals surface area contributed by atoms with Crippen LogP contribution in [-0.2, 0) is 14.1 Å². The molecule has 0 spiro atoms. The van der Waals surface area contributed by atoms with Crippen LogP contribution in [0.15, 0.2) is 9.59 Å². The molecule has 0 aliphatic carbocycles. The van der Waals surface area contributed by atoms with Crippen LogP contribution >= 0.6 is 0 Å². The minimum atomic E-state index is -0.416. The average Bonchev–Trinajstić information content (AvgIpc) is 2.23. The Morgan fingerprint density at radius 3 is 2.60 bits per heavy atom. The van der Waals surface area contributed by atoms with Crippen LogP contribution in [0.4, 0.5) is 5.82 Å². The van der Waals surface area contributed by atoms with Gasteiger partial charge in [-0.3, -0.25) is 9.36 Å². The summed E-state index contributed by atoms with van der Waals surface area (Å²) in [6.07, 6.45) is 2.01. The van der Waals surface area contributed by atoms with Gasteiger partial charge in [0.15, 0.2) is 0 Å². The lowest BCUT2D eigenvalue weighted by Gasteiger charge is -2.06. The fraction of sp³-hybridized carbons (Fsp3) is 0.667. The standard InChI is InChI=1S/C9H16N4O2/c1-4-5-6-10-7-8(14)12(2)9(15)13(3)11-7/h4-6H2,1-3H3,(H,10,11). The Hall–Kier alpha value is -1.59. The Morgan fingerprint density at radius 2 is 2.00 bits per heavy atom. The quantitative estimate of drug-likeness (QED) is 0.695. The first-order valence-electron chi connectivity index (χ1n) is 4.96. The van der Waals surface area contributed by atoms with Crippen LogP contribution in [0.25, 0.3) is 0 Å². The maximum Gasteiger partial charge on any atom is 0.346 e. The predicted molar refractivity (Wildman–Crippen MR) is 58.1 cm³/mol. The Labute approximate surface area is 87.5 Å². The fourth-order valence-corrected chi connectivity index (χ4v) is 1.19. The van der Waals surface area contributed by atoms with E-state index < -0.39 is 5.69 Å². The van der Waals surface area contributed by atoms with Crippen LogP contribution < -0.4 is 16.6 Å². The molecule has 0 amide bonds. The molecule has 0 aliphatic heterocycles.